The molecule has 0 aliphatic rings. The first-order chi connectivity index (χ1) is 21.6. The Morgan fingerprint density at radius 2 is 0.867 bits per heavy atom. The van der Waals surface area contributed by atoms with Gasteiger partial charge in [-0.3, -0.25) is 4.72 Å². The SMILES string of the molecule is Nc1nc(N)nc(-c2ccc(-c3ccc(F)cc3)cc2)n1.Nc1nc(N)nc(-c2ccc(NS(=O)(=O)c3ccccc3)cc2)n1. The lowest BCUT2D eigenvalue weighted by molar-refractivity contribution is 0.601. The van der Waals surface area contributed by atoms with Crippen molar-refractivity contribution in [3.05, 3.63) is 109 Å². The highest BCUT2D eigenvalue weighted by atomic mass is 32.2. The molecule has 0 aliphatic carbocycles. The van der Waals surface area contributed by atoms with Crippen LogP contribution >= 0.6 is 0 Å². The van der Waals surface area contributed by atoms with Crippen LogP contribution in [0, 0.1) is 5.82 Å². The Morgan fingerprint density at radius 1 is 0.489 bits per heavy atom. The van der Waals surface area contributed by atoms with Crippen LogP contribution in [0.4, 0.5) is 33.9 Å². The van der Waals surface area contributed by atoms with Gasteiger partial charge < -0.3 is 22.9 Å². The second-order valence-electron chi connectivity index (χ2n) is 9.33. The molecule has 0 radical (unpaired) electrons. The van der Waals surface area contributed by atoms with Crippen molar-refractivity contribution in [2.24, 2.45) is 0 Å². The summed E-state index contributed by atoms with van der Waals surface area (Å²) in [5.74, 6) is 0.688. The Kier molecular flexibility index (Phi) is 8.72. The number of sulfonamides is 1. The van der Waals surface area contributed by atoms with Gasteiger partial charge in [-0.15, -0.1) is 0 Å². The molecule has 0 aliphatic heterocycles. The highest BCUT2D eigenvalue weighted by Gasteiger charge is 2.14. The number of rotatable bonds is 6. The number of nitrogens with zero attached hydrogens (tertiary/aromatic N) is 6. The lowest BCUT2D eigenvalue weighted by Crippen LogP contribution is -2.12. The van der Waals surface area contributed by atoms with Crippen molar-refractivity contribution in [2.45, 2.75) is 4.90 Å². The number of halogens is 1. The molecular weight excluding hydrogens is 597 g/mol. The third-order valence-corrected chi connectivity index (χ3v) is 7.51. The van der Waals surface area contributed by atoms with E-state index >= 15 is 0 Å². The minimum absolute atomic E-state index is 0.0198. The van der Waals surface area contributed by atoms with E-state index in [0.717, 1.165) is 16.7 Å². The second kappa shape index (κ2) is 13.0. The van der Waals surface area contributed by atoms with Gasteiger partial charge in [0.25, 0.3) is 10.0 Å². The molecule has 0 saturated carbocycles. The van der Waals surface area contributed by atoms with Gasteiger partial charge in [0.15, 0.2) is 11.6 Å². The van der Waals surface area contributed by atoms with Crippen LogP contribution in [0.1, 0.15) is 0 Å². The number of nitrogens with one attached hydrogen (secondary N) is 1. The van der Waals surface area contributed by atoms with Crippen molar-refractivity contribution < 1.29 is 12.8 Å². The zero-order valence-electron chi connectivity index (χ0n) is 23.4. The van der Waals surface area contributed by atoms with Crippen molar-refractivity contribution in [3.8, 4) is 33.9 Å². The predicted octanol–water partition coefficient (Wildman–Crippen LogP) is 4.01. The Morgan fingerprint density at radius 3 is 1.31 bits per heavy atom. The fourth-order valence-electron chi connectivity index (χ4n) is 4.03. The maximum absolute atomic E-state index is 12.9. The molecule has 6 aromatic rings. The van der Waals surface area contributed by atoms with Crippen LogP contribution in [0.2, 0.25) is 0 Å². The molecule has 15 heteroatoms. The van der Waals surface area contributed by atoms with Crippen LogP contribution in [-0.4, -0.2) is 38.3 Å². The summed E-state index contributed by atoms with van der Waals surface area (Å²) < 4.78 is 40.0. The molecule has 0 fully saturated rings. The van der Waals surface area contributed by atoms with Gasteiger partial charge >= 0.3 is 0 Å². The zero-order valence-corrected chi connectivity index (χ0v) is 24.2. The second-order valence-corrected chi connectivity index (χ2v) is 11.0. The smallest absolute Gasteiger partial charge is 0.261 e. The van der Waals surface area contributed by atoms with Crippen molar-refractivity contribution in [3.63, 3.8) is 0 Å². The fraction of sp³-hybridized carbons (Fsp3) is 0. The molecule has 45 heavy (non-hydrogen) atoms. The number of hydrogen-bond acceptors (Lipinski definition) is 12. The lowest BCUT2D eigenvalue weighted by Gasteiger charge is -2.08. The van der Waals surface area contributed by atoms with E-state index in [0.29, 0.717) is 22.9 Å². The summed E-state index contributed by atoms with van der Waals surface area (Å²) in [6.45, 7) is 0. The summed E-state index contributed by atoms with van der Waals surface area (Å²) in [6, 6.07) is 28.5. The Balaban J connectivity index is 0.000000179. The van der Waals surface area contributed by atoms with Crippen LogP contribution in [-0.2, 0) is 10.0 Å². The third kappa shape index (κ3) is 7.79. The van der Waals surface area contributed by atoms with Gasteiger partial charge in [0.05, 0.1) is 4.90 Å². The molecule has 226 valence electrons. The molecule has 2 aromatic heterocycles. The van der Waals surface area contributed by atoms with E-state index in [-0.39, 0.29) is 34.5 Å². The maximum atomic E-state index is 12.9. The van der Waals surface area contributed by atoms with Gasteiger partial charge in [-0.05, 0) is 59.7 Å². The zero-order chi connectivity index (χ0) is 32.0. The van der Waals surface area contributed by atoms with Crippen molar-refractivity contribution in [2.75, 3.05) is 27.7 Å². The summed E-state index contributed by atoms with van der Waals surface area (Å²) in [5.41, 5.74) is 25.9. The van der Waals surface area contributed by atoms with Crippen molar-refractivity contribution in [1.29, 1.82) is 0 Å². The molecule has 2 heterocycles. The van der Waals surface area contributed by atoms with E-state index in [9.17, 15) is 12.8 Å². The van der Waals surface area contributed by atoms with Crippen LogP contribution in [0.3, 0.4) is 0 Å². The third-order valence-electron chi connectivity index (χ3n) is 6.11. The molecule has 0 amide bonds. The van der Waals surface area contributed by atoms with Gasteiger partial charge in [0.2, 0.25) is 23.8 Å². The fourth-order valence-corrected chi connectivity index (χ4v) is 5.11. The number of anilines is 5. The summed E-state index contributed by atoms with van der Waals surface area (Å²) in [4.78, 5) is 23.7. The molecular formula is C30H26FN11O2S. The summed E-state index contributed by atoms with van der Waals surface area (Å²) in [7, 11) is -3.64. The van der Waals surface area contributed by atoms with Crippen molar-refractivity contribution in [1.82, 2.24) is 29.9 Å². The van der Waals surface area contributed by atoms with E-state index in [1.54, 1.807) is 54.6 Å². The predicted molar refractivity (Wildman–Crippen MR) is 171 cm³/mol. The summed E-state index contributed by atoms with van der Waals surface area (Å²) in [6.07, 6.45) is 0. The minimum Gasteiger partial charge on any atom is -0.368 e. The number of aromatic nitrogens is 6. The molecule has 0 atom stereocenters. The van der Waals surface area contributed by atoms with Crippen LogP contribution in [0.15, 0.2) is 108 Å². The van der Waals surface area contributed by atoms with E-state index < -0.39 is 10.0 Å². The Bertz CT molecular complexity index is 1990. The molecule has 0 unspecified atom stereocenters. The van der Waals surface area contributed by atoms with E-state index in [1.807, 2.05) is 24.3 Å². The van der Waals surface area contributed by atoms with E-state index in [2.05, 4.69) is 34.6 Å². The largest absolute Gasteiger partial charge is 0.368 e. The topological polar surface area (TPSA) is 228 Å². The maximum Gasteiger partial charge on any atom is 0.261 e. The molecule has 0 spiro atoms. The lowest BCUT2D eigenvalue weighted by atomic mass is 10.0. The quantitative estimate of drug-likeness (QED) is 0.177. The average Bonchev–Trinajstić information content (AvgIpc) is 3.02. The molecule has 9 N–H and O–H groups in total. The van der Waals surface area contributed by atoms with Crippen LogP contribution < -0.4 is 27.7 Å². The van der Waals surface area contributed by atoms with E-state index in [1.165, 1.54) is 24.3 Å². The molecule has 13 nitrogen and oxygen atoms in total. The molecule has 0 saturated heterocycles. The van der Waals surface area contributed by atoms with Gasteiger partial charge in [-0.2, -0.15) is 29.9 Å². The number of benzene rings is 4. The van der Waals surface area contributed by atoms with E-state index in [4.69, 9.17) is 22.9 Å². The number of hydrogen-bond donors (Lipinski definition) is 5. The van der Waals surface area contributed by atoms with Gasteiger partial charge in [-0.25, -0.2) is 12.8 Å². The first-order valence-corrected chi connectivity index (χ1v) is 14.6. The summed E-state index contributed by atoms with van der Waals surface area (Å²) in [5, 5.41) is 0. The monoisotopic (exact) mass is 623 g/mol. The Hall–Kier alpha value is -6.22. The highest BCUT2D eigenvalue weighted by molar-refractivity contribution is 7.92. The standard InChI is InChI=1S/C15H12FN5.C15H14N6O2S/c16-12-7-5-10(6-8-12)9-1-3-11(4-2-9)13-19-14(17)21-15(18)20-13;16-14-18-13(19-15(17)20-14)10-6-8-11(9-7-10)21-24(22,23)12-4-2-1-3-5-12/h1-8H,(H4,17,18,19,20,21);1-9,21H,(H4,16,17,18,19,20). The molecule has 6 rings (SSSR count). The average molecular weight is 624 g/mol. The van der Waals surface area contributed by atoms with Crippen molar-refractivity contribution >= 4 is 39.5 Å². The first kappa shape index (κ1) is 30.2. The van der Waals surface area contributed by atoms with Gasteiger partial charge in [0, 0.05) is 16.8 Å². The molecule has 4 aromatic carbocycles. The summed E-state index contributed by atoms with van der Waals surface area (Å²) >= 11 is 0. The first-order valence-electron chi connectivity index (χ1n) is 13.1. The van der Waals surface area contributed by atoms with Crippen LogP contribution in [0.5, 0.6) is 0 Å². The number of nitrogen functional groups attached to an aromatic ring is 4. The Labute approximate surface area is 257 Å². The minimum atomic E-state index is -3.64. The normalized spacial score (nSPS) is 10.9. The van der Waals surface area contributed by atoms with Gasteiger partial charge in [0.1, 0.15) is 5.82 Å². The molecule has 0 bridgehead atoms. The van der Waals surface area contributed by atoms with Gasteiger partial charge in [-0.1, -0.05) is 54.6 Å². The van der Waals surface area contributed by atoms with Crippen LogP contribution in [0.25, 0.3) is 33.9 Å². The highest BCUT2D eigenvalue weighted by Crippen LogP contribution is 2.24. The number of nitrogens with two attached hydrogens (primary N) is 4.